The van der Waals surface area contributed by atoms with E-state index in [4.69, 9.17) is 0 Å². The molecule has 0 saturated carbocycles. The van der Waals surface area contributed by atoms with Crippen LogP contribution in [0.15, 0.2) is 29.3 Å². The van der Waals surface area contributed by atoms with Gasteiger partial charge >= 0.3 is 6.18 Å². The van der Waals surface area contributed by atoms with Crippen molar-refractivity contribution in [3.05, 3.63) is 41.2 Å². The van der Waals surface area contributed by atoms with Gasteiger partial charge in [-0.1, -0.05) is 6.07 Å². The Morgan fingerprint density at radius 2 is 2.10 bits per heavy atom. The number of amidine groups is 1. The van der Waals surface area contributed by atoms with Gasteiger partial charge in [0.1, 0.15) is 11.7 Å². The molecule has 1 aromatic rings. The van der Waals surface area contributed by atoms with E-state index in [-0.39, 0.29) is 5.56 Å². The van der Waals surface area contributed by atoms with Crippen LogP contribution in [0.3, 0.4) is 0 Å². The zero-order valence-corrected chi connectivity index (χ0v) is 12.1. The van der Waals surface area contributed by atoms with Crippen LogP contribution in [0, 0.1) is 5.82 Å². The van der Waals surface area contributed by atoms with Gasteiger partial charge in [0.2, 0.25) is 0 Å². The molecule has 0 saturated heterocycles. The Balaban J connectivity index is 2.10. The second-order valence-electron chi connectivity index (χ2n) is 4.53. The maximum absolute atomic E-state index is 13.6. The van der Waals surface area contributed by atoms with Gasteiger partial charge in [-0.05, 0) is 30.5 Å². The molecule has 2 nitrogen and oxygen atoms in total. The van der Waals surface area contributed by atoms with Crippen molar-refractivity contribution in [2.75, 3.05) is 19.3 Å². The number of aliphatic imine (C=N–C) groups is 1. The molecular formula is C14H14F4N2S. The zero-order valence-electron chi connectivity index (χ0n) is 11.2. The second-order valence-corrected chi connectivity index (χ2v) is 5.67. The van der Waals surface area contributed by atoms with Gasteiger partial charge in [-0.15, -0.1) is 0 Å². The molecule has 1 aliphatic heterocycles. The summed E-state index contributed by atoms with van der Waals surface area (Å²) in [6, 6.07) is 2.48. The molecule has 0 bridgehead atoms. The summed E-state index contributed by atoms with van der Waals surface area (Å²) in [5.74, 6) is -0.293. The Bertz CT molecular complexity index is 567. The molecule has 1 N–H and O–H groups in total. The fraction of sp³-hybridized carbons (Fsp3) is 0.357. The molecule has 0 amide bonds. The number of benzene rings is 1. The molecule has 114 valence electrons. The van der Waals surface area contributed by atoms with Crippen LogP contribution in [0.25, 0.3) is 6.08 Å². The number of thioether (sulfide) groups is 1. The smallest absolute Gasteiger partial charge is 0.369 e. The Labute approximate surface area is 124 Å². The van der Waals surface area contributed by atoms with E-state index in [1.807, 2.05) is 6.26 Å². The predicted molar refractivity (Wildman–Crippen MR) is 78.0 cm³/mol. The lowest BCUT2D eigenvalue weighted by Crippen LogP contribution is -2.36. The summed E-state index contributed by atoms with van der Waals surface area (Å²) in [7, 11) is 0. The Morgan fingerprint density at radius 3 is 2.62 bits per heavy atom. The van der Waals surface area contributed by atoms with Gasteiger partial charge in [-0.3, -0.25) is 4.99 Å². The fourth-order valence-electron chi connectivity index (χ4n) is 1.82. The highest BCUT2D eigenvalue weighted by atomic mass is 32.2. The normalized spacial score (nSPS) is 19.5. The summed E-state index contributed by atoms with van der Waals surface area (Å²) in [6.45, 7) is 1.43. The highest BCUT2D eigenvalue weighted by Crippen LogP contribution is 2.30. The molecule has 0 spiro atoms. The number of alkyl halides is 3. The molecule has 1 atom stereocenters. The van der Waals surface area contributed by atoms with E-state index in [0.717, 1.165) is 18.7 Å². The van der Waals surface area contributed by atoms with Gasteiger partial charge in [0, 0.05) is 17.4 Å². The number of rotatable bonds is 3. The van der Waals surface area contributed by atoms with Crippen molar-refractivity contribution in [2.45, 2.75) is 11.4 Å². The molecular weight excluding hydrogens is 304 g/mol. The Hall–Kier alpha value is -1.50. The van der Waals surface area contributed by atoms with Gasteiger partial charge in [-0.25, -0.2) is 4.39 Å². The molecule has 2 rings (SSSR count). The topological polar surface area (TPSA) is 24.4 Å². The number of halogens is 4. The summed E-state index contributed by atoms with van der Waals surface area (Å²) >= 11 is 1.71. The summed E-state index contributed by atoms with van der Waals surface area (Å²) in [4.78, 5) is 4.28. The van der Waals surface area contributed by atoms with Crippen LogP contribution in [-0.4, -0.2) is 30.4 Å². The standard InChI is InChI=1S/C14H14F4N2S/c1-21-11-7-19-13(20-8-11)5-3-9-2-4-10(6-12(9)15)14(16,17)18/h2-6,11H,7-8H2,1H3,(H,19,20). The van der Waals surface area contributed by atoms with Crippen molar-refractivity contribution < 1.29 is 17.6 Å². The molecule has 1 heterocycles. The first-order valence-corrected chi connectivity index (χ1v) is 7.55. The lowest BCUT2D eigenvalue weighted by atomic mass is 10.1. The third-order valence-corrected chi connectivity index (χ3v) is 4.04. The van der Waals surface area contributed by atoms with Crippen LogP contribution in [0.5, 0.6) is 0 Å². The van der Waals surface area contributed by atoms with Crippen molar-refractivity contribution in [1.82, 2.24) is 5.32 Å². The summed E-state index contributed by atoms with van der Waals surface area (Å²) in [5, 5.41) is 3.49. The lowest BCUT2D eigenvalue weighted by molar-refractivity contribution is -0.137. The van der Waals surface area contributed by atoms with Crippen molar-refractivity contribution >= 4 is 23.7 Å². The van der Waals surface area contributed by atoms with Gasteiger partial charge in [0.15, 0.2) is 0 Å². The van der Waals surface area contributed by atoms with Crippen LogP contribution in [-0.2, 0) is 6.18 Å². The number of hydrogen-bond acceptors (Lipinski definition) is 3. The molecule has 0 aliphatic carbocycles. The molecule has 1 aliphatic rings. The molecule has 0 aromatic heterocycles. The van der Waals surface area contributed by atoms with Gasteiger partial charge in [0.05, 0.1) is 12.1 Å². The highest BCUT2D eigenvalue weighted by molar-refractivity contribution is 7.99. The van der Waals surface area contributed by atoms with Crippen molar-refractivity contribution in [2.24, 2.45) is 4.99 Å². The van der Waals surface area contributed by atoms with Gasteiger partial charge in [-0.2, -0.15) is 24.9 Å². The first-order chi connectivity index (χ1) is 9.90. The molecule has 7 heteroatoms. The molecule has 1 unspecified atom stereocenters. The number of nitrogens with one attached hydrogen (secondary N) is 1. The van der Waals surface area contributed by atoms with Crippen molar-refractivity contribution in [3.63, 3.8) is 0 Å². The van der Waals surface area contributed by atoms with Crippen LogP contribution < -0.4 is 5.32 Å². The first-order valence-electron chi connectivity index (χ1n) is 6.26. The molecule has 0 radical (unpaired) electrons. The maximum atomic E-state index is 13.6. The minimum atomic E-state index is -4.54. The number of nitrogens with zero attached hydrogens (tertiary/aromatic N) is 1. The predicted octanol–water partition coefficient (Wildman–Crippen LogP) is 3.59. The summed E-state index contributed by atoms with van der Waals surface area (Å²) in [6.07, 6.45) is 0.453. The third-order valence-electron chi connectivity index (χ3n) is 3.06. The molecule has 21 heavy (non-hydrogen) atoms. The zero-order chi connectivity index (χ0) is 15.5. The second kappa shape index (κ2) is 6.51. The molecule has 0 fully saturated rings. The first kappa shape index (κ1) is 15.9. The van der Waals surface area contributed by atoms with Gasteiger partial charge < -0.3 is 5.32 Å². The van der Waals surface area contributed by atoms with E-state index in [1.54, 1.807) is 17.8 Å². The van der Waals surface area contributed by atoms with E-state index in [0.29, 0.717) is 23.7 Å². The monoisotopic (exact) mass is 318 g/mol. The lowest BCUT2D eigenvalue weighted by Gasteiger charge is -2.19. The van der Waals surface area contributed by atoms with E-state index in [1.165, 1.54) is 6.08 Å². The minimum Gasteiger partial charge on any atom is -0.369 e. The maximum Gasteiger partial charge on any atom is 0.416 e. The van der Waals surface area contributed by atoms with E-state index >= 15 is 0 Å². The number of hydrogen-bond donors (Lipinski definition) is 1. The quantitative estimate of drug-likeness (QED) is 0.861. The Kier molecular flexibility index (Phi) is 4.92. The van der Waals surface area contributed by atoms with Crippen LogP contribution in [0.2, 0.25) is 0 Å². The largest absolute Gasteiger partial charge is 0.416 e. The van der Waals surface area contributed by atoms with Crippen molar-refractivity contribution in [1.29, 1.82) is 0 Å². The van der Waals surface area contributed by atoms with E-state index < -0.39 is 17.6 Å². The Morgan fingerprint density at radius 1 is 1.33 bits per heavy atom. The van der Waals surface area contributed by atoms with Crippen LogP contribution >= 0.6 is 11.8 Å². The van der Waals surface area contributed by atoms with Crippen LogP contribution in [0.1, 0.15) is 11.1 Å². The average molecular weight is 318 g/mol. The van der Waals surface area contributed by atoms with E-state index in [2.05, 4.69) is 10.3 Å². The average Bonchev–Trinajstić information content (AvgIpc) is 2.45. The summed E-state index contributed by atoms with van der Waals surface area (Å²) < 4.78 is 50.9. The van der Waals surface area contributed by atoms with Gasteiger partial charge in [0.25, 0.3) is 0 Å². The fourth-order valence-corrected chi connectivity index (χ4v) is 2.29. The highest BCUT2D eigenvalue weighted by Gasteiger charge is 2.30. The van der Waals surface area contributed by atoms with E-state index in [9.17, 15) is 17.6 Å². The van der Waals surface area contributed by atoms with Crippen LogP contribution in [0.4, 0.5) is 17.6 Å². The molecule has 1 aromatic carbocycles. The minimum absolute atomic E-state index is 0.0967. The summed E-state index contributed by atoms with van der Waals surface area (Å²) in [5.41, 5.74) is -0.896. The SMILES string of the molecule is CSC1CN=C(C=Cc2ccc(C(F)(F)F)cc2F)NC1. The third kappa shape index (κ3) is 4.23. The van der Waals surface area contributed by atoms with Crippen molar-refractivity contribution in [3.8, 4) is 0 Å².